The molecule has 0 saturated carbocycles. The summed E-state index contributed by atoms with van der Waals surface area (Å²) in [5, 5.41) is 15.0. The lowest BCUT2D eigenvalue weighted by Crippen LogP contribution is -2.24. The summed E-state index contributed by atoms with van der Waals surface area (Å²) >= 11 is 0. The zero-order valence-electron chi connectivity index (χ0n) is 10.5. The van der Waals surface area contributed by atoms with E-state index in [1.807, 2.05) is 0 Å². The van der Waals surface area contributed by atoms with Crippen molar-refractivity contribution in [2.45, 2.75) is 13.0 Å². The molecule has 0 aromatic carbocycles. The Hall–Kier alpha value is -2.72. The van der Waals surface area contributed by atoms with E-state index in [0.717, 1.165) is 0 Å². The van der Waals surface area contributed by atoms with Gasteiger partial charge in [0.15, 0.2) is 5.82 Å². The Morgan fingerprint density at radius 3 is 3.15 bits per heavy atom. The van der Waals surface area contributed by atoms with Gasteiger partial charge < -0.3 is 14.9 Å². The normalized spacial score (nSPS) is 9.65. The molecule has 0 aliphatic rings. The molecule has 0 radical (unpaired) electrons. The van der Waals surface area contributed by atoms with E-state index >= 15 is 0 Å². The maximum Gasteiger partial charge on any atom is 0.253 e. The Morgan fingerprint density at radius 2 is 2.40 bits per heavy atom. The zero-order chi connectivity index (χ0) is 14.2. The molecule has 102 valence electrons. The lowest BCUT2D eigenvalue weighted by Gasteiger charge is -2.04. The van der Waals surface area contributed by atoms with E-state index in [1.165, 1.54) is 18.8 Å². The van der Waals surface area contributed by atoms with Crippen molar-refractivity contribution in [2.75, 3.05) is 6.61 Å². The third-order valence-corrected chi connectivity index (χ3v) is 2.34. The molecule has 2 heterocycles. The second-order valence-corrected chi connectivity index (χ2v) is 3.73. The van der Waals surface area contributed by atoms with Crippen LogP contribution >= 0.6 is 0 Å². The van der Waals surface area contributed by atoms with Crippen LogP contribution in [-0.4, -0.2) is 32.7 Å². The highest BCUT2D eigenvalue weighted by atomic mass is 16.5. The Balaban J connectivity index is 2.07. The number of aliphatic hydroxyl groups excluding tert-OH is 1. The quantitative estimate of drug-likeness (QED) is 0.767. The Bertz CT molecular complexity index is 629. The molecule has 2 rings (SSSR count). The number of rotatable bonds is 4. The van der Waals surface area contributed by atoms with Crippen LogP contribution in [0.3, 0.4) is 0 Å². The number of nitrogens with one attached hydrogen (secondary N) is 1. The fourth-order valence-electron chi connectivity index (χ4n) is 1.43. The van der Waals surface area contributed by atoms with Crippen LogP contribution in [0.4, 0.5) is 0 Å². The third-order valence-electron chi connectivity index (χ3n) is 2.34. The molecule has 0 unspecified atom stereocenters. The van der Waals surface area contributed by atoms with Crippen LogP contribution in [0, 0.1) is 11.8 Å². The number of aromatic nitrogens is 3. The van der Waals surface area contributed by atoms with Gasteiger partial charge in [-0.2, -0.15) is 4.98 Å². The maximum absolute atomic E-state index is 12.1. The standard InChI is InChI=1S/C13H12N4O3/c18-6-2-1-3-10-7-14-5-4-11(10)13(19)15-8-12-16-9-20-17-12/h4-5,7,9,18H,2,6,8H2,(H,15,19). The smallest absolute Gasteiger partial charge is 0.253 e. The molecule has 20 heavy (non-hydrogen) atoms. The summed E-state index contributed by atoms with van der Waals surface area (Å²) in [6.45, 7) is 0.147. The van der Waals surface area contributed by atoms with Crippen molar-refractivity contribution in [3.63, 3.8) is 0 Å². The fourth-order valence-corrected chi connectivity index (χ4v) is 1.43. The second kappa shape index (κ2) is 7.01. The molecule has 0 bridgehead atoms. The van der Waals surface area contributed by atoms with E-state index in [0.29, 0.717) is 23.4 Å². The Labute approximate surface area is 115 Å². The summed E-state index contributed by atoms with van der Waals surface area (Å²) in [5.41, 5.74) is 0.917. The van der Waals surface area contributed by atoms with Crippen molar-refractivity contribution in [3.8, 4) is 11.8 Å². The Kier molecular flexibility index (Phi) is 4.81. The van der Waals surface area contributed by atoms with Crippen LogP contribution in [0.2, 0.25) is 0 Å². The SMILES string of the molecule is O=C(NCc1ncon1)c1ccncc1C#CCCO. The van der Waals surface area contributed by atoms with Gasteiger partial charge in [0.1, 0.15) is 0 Å². The zero-order valence-corrected chi connectivity index (χ0v) is 10.5. The number of nitrogens with zero attached hydrogens (tertiary/aromatic N) is 3. The van der Waals surface area contributed by atoms with Gasteiger partial charge in [-0.25, -0.2) is 0 Å². The molecule has 1 amide bonds. The largest absolute Gasteiger partial charge is 0.395 e. The summed E-state index contributed by atoms with van der Waals surface area (Å²) < 4.78 is 4.57. The van der Waals surface area contributed by atoms with Gasteiger partial charge in [0.05, 0.1) is 24.3 Å². The molecule has 0 spiro atoms. The van der Waals surface area contributed by atoms with E-state index < -0.39 is 0 Å². The van der Waals surface area contributed by atoms with Crippen molar-refractivity contribution in [1.29, 1.82) is 0 Å². The van der Waals surface area contributed by atoms with Crippen LogP contribution in [-0.2, 0) is 6.54 Å². The average Bonchev–Trinajstić information content (AvgIpc) is 2.99. The minimum Gasteiger partial charge on any atom is -0.395 e. The topological polar surface area (TPSA) is 101 Å². The predicted molar refractivity (Wildman–Crippen MR) is 68.3 cm³/mol. The van der Waals surface area contributed by atoms with E-state index in [-0.39, 0.29) is 19.1 Å². The summed E-state index contributed by atoms with van der Waals surface area (Å²) in [7, 11) is 0. The summed E-state index contributed by atoms with van der Waals surface area (Å²) in [4.78, 5) is 19.8. The van der Waals surface area contributed by atoms with Crippen molar-refractivity contribution in [1.82, 2.24) is 20.4 Å². The van der Waals surface area contributed by atoms with Crippen LogP contribution in [0.25, 0.3) is 0 Å². The van der Waals surface area contributed by atoms with Gasteiger partial charge in [0.2, 0.25) is 6.39 Å². The number of aliphatic hydroxyl groups is 1. The summed E-state index contributed by atoms with van der Waals surface area (Å²) in [6.07, 6.45) is 4.56. The van der Waals surface area contributed by atoms with E-state index in [2.05, 4.69) is 36.8 Å². The molecule has 2 aromatic rings. The first kappa shape index (κ1) is 13.7. The van der Waals surface area contributed by atoms with Gasteiger partial charge >= 0.3 is 0 Å². The van der Waals surface area contributed by atoms with Crippen molar-refractivity contribution >= 4 is 5.91 Å². The fraction of sp³-hybridized carbons (Fsp3) is 0.231. The molecule has 0 atom stereocenters. The maximum atomic E-state index is 12.1. The van der Waals surface area contributed by atoms with Gasteiger partial charge in [0.25, 0.3) is 5.91 Å². The van der Waals surface area contributed by atoms with Crippen molar-refractivity contribution in [3.05, 3.63) is 41.8 Å². The molecule has 0 aliphatic carbocycles. The van der Waals surface area contributed by atoms with Gasteiger partial charge in [-0.05, 0) is 6.07 Å². The number of pyridine rings is 1. The Morgan fingerprint density at radius 1 is 1.50 bits per heavy atom. The number of hydrogen-bond donors (Lipinski definition) is 2. The summed E-state index contributed by atoms with van der Waals surface area (Å²) in [6, 6.07) is 1.58. The molecule has 2 N–H and O–H groups in total. The molecular weight excluding hydrogens is 260 g/mol. The van der Waals surface area contributed by atoms with Crippen LogP contribution < -0.4 is 5.32 Å². The van der Waals surface area contributed by atoms with Gasteiger partial charge in [-0.3, -0.25) is 9.78 Å². The van der Waals surface area contributed by atoms with E-state index in [1.54, 1.807) is 6.07 Å². The minimum absolute atomic E-state index is 0.0212. The van der Waals surface area contributed by atoms with Crippen LogP contribution in [0.1, 0.15) is 28.2 Å². The molecule has 0 saturated heterocycles. The number of hydrogen-bond acceptors (Lipinski definition) is 6. The van der Waals surface area contributed by atoms with E-state index in [9.17, 15) is 4.79 Å². The first-order chi connectivity index (χ1) is 9.81. The lowest BCUT2D eigenvalue weighted by atomic mass is 10.1. The number of carbonyl (C=O) groups excluding carboxylic acids is 1. The van der Waals surface area contributed by atoms with Crippen molar-refractivity contribution in [2.24, 2.45) is 0 Å². The minimum atomic E-state index is -0.300. The average molecular weight is 272 g/mol. The molecule has 2 aromatic heterocycles. The van der Waals surface area contributed by atoms with Gasteiger partial charge in [-0.1, -0.05) is 17.0 Å². The summed E-state index contributed by atoms with van der Waals surface area (Å²) in [5.74, 6) is 5.65. The number of amides is 1. The van der Waals surface area contributed by atoms with Crippen molar-refractivity contribution < 1.29 is 14.4 Å². The first-order valence-electron chi connectivity index (χ1n) is 5.88. The highest BCUT2D eigenvalue weighted by Crippen LogP contribution is 2.05. The third kappa shape index (κ3) is 3.63. The molecule has 0 fully saturated rings. The van der Waals surface area contributed by atoms with Crippen LogP contribution in [0.5, 0.6) is 0 Å². The van der Waals surface area contributed by atoms with Gasteiger partial charge in [-0.15, -0.1) is 0 Å². The first-order valence-corrected chi connectivity index (χ1v) is 5.88. The molecule has 7 nitrogen and oxygen atoms in total. The molecular formula is C13H12N4O3. The lowest BCUT2D eigenvalue weighted by molar-refractivity contribution is 0.0949. The van der Waals surface area contributed by atoms with Gasteiger partial charge in [0, 0.05) is 18.8 Å². The monoisotopic (exact) mass is 272 g/mol. The number of carbonyl (C=O) groups is 1. The second-order valence-electron chi connectivity index (χ2n) is 3.73. The highest BCUT2D eigenvalue weighted by Gasteiger charge is 2.10. The molecule has 7 heteroatoms. The van der Waals surface area contributed by atoms with E-state index in [4.69, 9.17) is 5.11 Å². The predicted octanol–water partition coefficient (Wildman–Crippen LogP) is 0.129. The van der Waals surface area contributed by atoms with Crippen LogP contribution in [0.15, 0.2) is 29.4 Å². The highest BCUT2D eigenvalue weighted by molar-refractivity contribution is 5.96. The molecule has 0 aliphatic heterocycles.